The summed E-state index contributed by atoms with van der Waals surface area (Å²) < 4.78 is 7.58. The number of hydrogen-bond donors (Lipinski definition) is 7. The minimum absolute atomic E-state index is 0.00490. The molecule has 7 N–H and O–H groups in total. The lowest BCUT2D eigenvalue weighted by Crippen LogP contribution is -2.49. The van der Waals surface area contributed by atoms with Crippen molar-refractivity contribution in [2.45, 2.75) is 93.8 Å². The fourth-order valence-electron chi connectivity index (χ4n) is 11.0. The smallest absolute Gasteiger partial charge is 0.411 e. The van der Waals surface area contributed by atoms with Crippen LogP contribution in [0.2, 0.25) is 0 Å². The zero-order valence-electron chi connectivity index (χ0n) is 42.1. The van der Waals surface area contributed by atoms with Gasteiger partial charge >= 0.3 is 12.1 Å². The van der Waals surface area contributed by atoms with E-state index in [-0.39, 0.29) is 61.3 Å². The van der Waals surface area contributed by atoms with Crippen molar-refractivity contribution in [1.29, 1.82) is 0 Å². The van der Waals surface area contributed by atoms with Crippen LogP contribution in [0.1, 0.15) is 68.5 Å². The summed E-state index contributed by atoms with van der Waals surface area (Å²) in [4.78, 5) is 73.1. The topological polar surface area (TPSA) is 231 Å². The van der Waals surface area contributed by atoms with E-state index in [0.29, 0.717) is 100 Å². The molecule has 10 rings (SSSR count). The molecule has 1 aliphatic carbocycles. The summed E-state index contributed by atoms with van der Waals surface area (Å²) in [7, 11) is 0. The highest BCUT2D eigenvalue weighted by Crippen LogP contribution is 2.36. The lowest BCUT2D eigenvalue weighted by Gasteiger charge is -2.32. The van der Waals surface area contributed by atoms with E-state index in [4.69, 9.17) is 19.7 Å². The summed E-state index contributed by atoms with van der Waals surface area (Å²) in [5.74, 6) is 0.691. The molecule has 4 aliphatic rings. The standard InChI is InChI=1S/C56H66N12O7/c1-2-47(69)61-45-30-46(51(72)50(45)71)68-35-58-49-52(57-31-43(37-16-8-4-9-17-37)38-18-10-5-11-19-38)63-54(64-53(49)68)67-29-23-40(33-67)60-55(73)59-39-22-28-66(32-39)48(70)34-65-26-24-41(25-27-65)75-56(74)62-44-21-13-12-20-42(44)36-14-6-3-7-15-36/h3-21,35,39-41,43,45-46,50-51,71-72H,2,22-34H2,1H3,(H,61,69)(H,62,74)(H,57,63,64)(H2,59,60,73)/t39-,40-,45+,46-,50-,51+/m1/s1. The van der Waals surface area contributed by atoms with Crippen LogP contribution in [0.3, 0.4) is 0 Å². The van der Waals surface area contributed by atoms with Crippen LogP contribution < -0.4 is 31.5 Å². The number of imidazole rings is 1. The second kappa shape index (κ2) is 23.3. The maximum atomic E-state index is 13.5. The number of para-hydroxylation sites is 1. The minimum atomic E-state index is -1.19. The molecular formula is C56H66N12O7. The molecule has 2 aromatic heterocycles. The van der Waals surface area contributed by atoms with Gasteiger partial charge in [0.15, 0.2) is 17.0 Å². The fourth-order valence-corrected chi connectivity index (χ4v) is 11.0. The highest BCUT2D eigenvalue weighted by molar-refractivity contribution is 5.91. The molecule has 75 heavy (non-hydrogen) atoms. The van der Waals surface area contributed by atoms with Crippen LogP contribution in [0, 0.1) is 0 Å². The van der Waals surface area contributed by atoms with E-state index in [0.717, 1.165) is 22.3 Å². The zero-order chi connectivity index (χ0) is 51.8. The van der Waals surface area contributed by atoms with Gasteiger partial charge < -0.3 is 50.6 Å². The van der Waals surface area contributed by atoms with Gasteiger partial charge in [-0.3, -0.25) is 19.8 Å². The Morgan fingerprint density at radius 3 is 2.09 bits per heavy atom. The van der Waals surface area contributed by atoms with E-state index >= 15 is 0 Å². The van der Waals surface area contributed by atoms with Crippen molar-refractivity contribution in [1.82, 2.24) is 45.3 Å². The van der Waals surface area contributed by atoms with E-state index in [1.165, 1.54) is 0 Å². The zero-order valence-corrected chi connectivity index (χ0v) is 42.1. The number of aromatic nitrogens is 4. The molecule has 3 aliphatic heterocycles. The van der Waals surface area contributed by atoms with Gasteiger partial charge in [-0.1, -0.05) is 116 Å². The van der Waals surface area contributed by atoms with Crippen molar-refractivity contribution in [3.63, 3.8) is 0 Å². The second-order valence-corrected chi connectivity index (χ2v) is 20.1. The van der Waals surface area contributed by atoms with Crippen molar-refractivity contribution in [3.8, 4) is 11.1 Å². The minimum Gasteiger partial charge on any atom is -0.446 e. The van der Waals surface area contributed by atoms with Crippen LogP contribution in [0.4, 0.5) is 27.0 Å². The van der Waals surface area contributed by atoms with E-state index in [1.54, 1.807) is 22.7 Å². The van der Waals surface area contributed by atoms with Gasteiger partial charge in [0.2, 0.25) is 17.8 Å². The first-order valence-corrected chi connectivity index (χ1v) is 26.2. The van der Waals surface area contributed by atoms with Gasteiger partial charge in [0.1, 0.15) is 18.3 Å². The van der Waals surface area contributed by atoms with E-state index in [2.05, 4.69) is 55.7 Å². The fraction of sp³-hybridized carbons (Fsp3) is 0.411. The Kier molecular flexibility index (Phi) is 15.8. The quantitative estimate of drug-likeness (QED) is 0.0637. The van der Waals surface area contributed by atoms with Crippen LogP contribution in [0.5, 0.6) is 0 Å². The van der Waals surface area contributed by atoms with Gasteiger partial charge in [0.25, 0.3) is 0 Å². The number of carbonyl (C=O) groups excluding carboxylic acids is 4. The van der Waals surface area contributed by atoms with Gasteiger partial charge in [0, 0.05) is 75.8 Å². The molecule has 0 bridgehead atoms. The van der Waals surface area contributed by atoms with Crippen LogP contribution in [-0.4, -0.2) is 152 Å². The summed E-state index contributed by atoms with van der Waals surface area (Å²) in [5.41, 5.74) is 5.81. The van der Waals surface area contributed by atoms with Crippen molar-refractivity contribution in [2.75, 3.05) is 67.9 Å². The van der Waals surface area contributed by atoms with Crippen molar-refractivity contribution < 1.29 is 34.1 Å². The van der Waals surface area contributed by atoms with E-state index in [1.807, 2.05) is 95.9 Å². The van der Waals surface area contributed by atoms with Gasteiger partial charge in [-0.2, -0.15) is 9.97 Å². The van der Waals surface area contributed by atoms with Crippen LogP contribution in [-0.2, 0) is 14.3 Å². The number of ether oxygens (including phenoxy) is 1. The molecule has 6 aromatic rings. The Morgan fingerprint density at radius 2 is 1.39 bits per heavy atom. The van der Waals surface area contributed by atoms with Crippen molar-refractivity contribution >= 4 is 52.6 Å². The monoisotopic (exact) mass is 1020 g/mol. The molecular weight excluding hydrogens is 953 g/mol. The Bertz CT molecular complexity index is 2880. The molecule has 4 aromatic carbocycles. The molecule has 19 nitrogen and oxygen atoms in total. The first-order chi connectivity index (χ1) is 36.6. The number of urea groups is 1. The number of carbonyl (C=O) groups is 4. The third kappa shape index (κ3) is 12.0. The summed E-state index contributed by atoms with van der Waals surface area (Å²) in [5, 5.41) is 38.0. The molecule has 3 saturated heterocycles. The molecule has 0 unspecified atom stereocenters. The molecule has 4 fully saturated rings. The number of aliphatic hydroxyl groups excluding tert-OH is 2. The highest BCUT2D eigenvalue weighted by Gasteiger charge is 2.44. The average Bonchev–Trinajstić information content (AvgIpc) is 4.26. The third-order valence-corrected chi connectivity index (χ3v) is 15.1. The van der Waals surface area contributed by atoms with Gasteiger partial charge in [0.05, 0.1) is 30.6 Å². The van der Waals surface area contributed by atoms with Crippen molar-refractivity contribution in [3.05, 3.63) is 133 Å². The number of fused-ring (bicyclic) bond motifs is 1. The first kappa shape index (κ1) is 50.9. The molecule has 6 atom stereocenters. The Morgan fingerprint density at radius 1 is 0.733 bits per heavy atom. The molecule has 19 heteroatoms. The highest BCUT2D eigenvalue weighted by atomic mass is 16.6. The SMILES string of the molecule is CCC(=O)N[C@H]1C[C@@H](n2cnc3c(NCC(c4ccccc4)c4ccccc4)nc(N4CC[C@@H](NC(=O)N[C@@H]5CCN(C(=O)CN6CCC(OC(=O)Nc7ccccc7-c7ccccc7)CC6)C5)C4)nc32)[C@H](O)[C@@H]1O. The van der Waals surface area contributed by atoms with Gasteiger partial charge in [-0.25, -0.2) is 14.6 Å². The van der Waals surface area contributed by atoms with Crippen LogP contribution >= 0.6 is 0 Å². The van der Waals surface area contributed by atoms with E-state index in [9.17, 15) is 29.4 Å². The van der Waals surface area contributed by atoms with Crippen LogP contribution in [0.25, 0.3) is 22.3 Å². The number of anilines is 3. The average molecular weight is 1020 g/mol. The normalized spacial score (nSPS) is 22.1. The predicted molar refractivity (Wildman–Crippen MR) is 285 cm³/mol. The number of likely N-dealkylation sites (tertiary alicyclic amines) is 2. The lowest BCUT2D eigenvalue weighted by atomic mass is 9.91. The maximum absolute atomic E-state index is 13.5. The lowest BCUT2D eigenvalue weighted by molar-refractivity contribution is -0.132. The van der Waals surface area contributed by atoms with E-state index < -0.39 is 30.4 Å². The number of aliphatic hydroxyl groups is 2. The first-order valence-electron chi connectivity index (χ1n) is 26.2. The second-order valence-electron chi connectivity index (χ2n) is 20.1. The molecule has 0 radical (unpaired) electrons. The number of hydrogen-bond acceptors (Lipinski definition) is 13. The molecule has 5 heterocycles. The summed E-state index contributed by atoms with van der Waals surface area (Å²) >= 11 is 0. The number of benzene rings is 4. The van der Waals surface area contributed by atoms with Crippen LogP contribution in [0.15, 0.2) is 122 Å². The number of nitrogens with zero attached hydrogens (tertiary/aromatic N) is 7. The number of rotatable bonds is 16. The predicted octanol–water partition coefficient (Wildman–Crippen LogP) is 5.49. The number of nitrogens with one attached hydrogen (secondary N) is 5. The maximum Gasteiger partial charge on any atom is 0.411 e. The third-order valence-electron chi connectivity index (χ3n) is 15.1. The summed E-state index contributed by atoms with van der Waals surface area (Å²) in [6.45, 7) is 5.68. The van der Waals surface area contributed by atoms with Crippen molar-refractivity contribution in [2.24, 2.45) is 0 Å². The van der Waals surface area contributed by atoms with Gasteiger partial charge in [-0.05, 0) is 54.9 Å². The number of piperidine rings is 1. The Balaban J connectivity index is 0.734. The Labute approximate surface area is 436 Å². The van der Waals surface area contributed by atoms with Gasteiger partial charge in [-0.15, -0.1) is 0 Å². The number of amides is 5. The molecule has 0 spiro atoms. The molecule has 392 valence electrons. The molecule has 1 saturated carbocycles. The molecule has 5 amide bonds. The summed E-state index contributed by atoms with van der Waals surface area (Å²) in [6.07, 6.45) is 1.52. The largest absolute Gasteiger partial charge is 0.446 e. The summed E-state index contributed by atoms with van der Waals surface area (Å²) in [6, 6.07) is 36.0. The Hall–Kier alpha value is -7.61.